The molecule has 1 saturated heterocycles. The van der Waals surface area contributed by atoms with Gasteiger partial charge in [-0.15, -0.1) is 0 Å². The molecule has 5 rings (SSSR count). The SMILES string of the molecule is O=C(c1cc2ccccc2o1)N1CCCC2(CCc3cn[nH]c32)C1. The molecule has 1 fully saturated rings. The first-order valence-electron chi connectivity index (χ1n) is 8.56. The molecule has 1 spiro atoms. The Kier molecular flexibility index (Phi) is 2.86. The summed E-state index contributed by atoms with van der Waals surface area (Å²) in [6, 6.07) is 9.61. The van der Waals surface area contributed by atoms with Crippen molar-refractivity contribution in [2.75, 3.05) is 13.1 Å². The number of furan rings is 1. The van der Waals surface area contributed by atoms with Crippen molar-refractivity contribution < 1.29 is 9.21 Å². The van der Waals surface area contributed by atoms with Gasteiger partial charge in [0.2, 0.25) is 0 Å². The van der Waals surface area contributed by atoms with Crippen LogP contribution in [0.2, 0.25) is 0 Å². The van der Waals surface area contributed by atoms with Crippen molar-refractivity contribution in [3.8, 4) is 0 Å². The Hall–Kier alpha value is -2.56. The molecular formula is C19H19N3O2. The lowest BCUT2D eigenvalue weighted by molar-refractivity contribution is 0.0603. The number of amides is 1. The second-order valence-electron chi connectivity index (χ2n) is 7.03. The highest BCUT2D eigenvalue weighted by atomic mass is 16.3. The molecule has 24 heavy (non-hydrogen) atoms. The fourth-order valence-electron chi connectivity index (χ4n) is 4.42. The topological polar surface area (TPSA) is 62.1 Å². The zero-order chi connectivity index (χ0) is 16.1. The van der Waals surface area contributed by atoms with E-state index in [4.69, 9.17) is 4.42 Å². The van der Waals surface area contributed by atoms with Crippen LogP contribution in [0.1, 0.15) is 41.1 Å². The third kappa shape index (κ3) is 1.94. The van der Waals surface area contributed by atoms with Gasteiger partial charge in [-0.1, -0.05) is 18.2 Å². The number of para-hydroxylation sites is 1. The number of H-pyrrole nitrogens is 1. The van der Waals surface area contributed by atoms with Crippen LogP contribution < -0.4 is 0 Å². The van der Waals surface area contributed by atoms with Gasteiger partial charge in [0.05, 0.1) is 6.20 Å². The maximum absolute atomic E-state index is 13.0. The third-order valence-electron chi connectivity index (χ3n) is 5.62. The Morgan fingerprint density at radius 3 is 3.12 bits per heavy atom. The van der Waals surface area contributed by atoms with Gasteiger partial charge in [-0.2, -0.15) is 5.10 Å². The molecule has 1 aliphatic heterocycles. The zero-order valence-corrected chi connectivity index (χ0v) is 13.4. The number of aromatic nitrogens is 2. The van der Waals surface area contributed by atoms with Gasteiger partial charge >= 0.3 is 0 Å². The van der Waals surface area contributed by atoms with Crippen molar-refractivity contribution in [2.45, 2.75) is 31.1 Å². The first kappa shape index (κ1) is 13.8. The van der Waals surface area contributed by atoms with Gasteiger partial charge in [-0.25, -0.2) is 0 Å². The van der Waals surface area contributed by atoms with Crippen molar-refractivity contribution in [1.29, 1.82) is 0 Å². The van der Waals surface area contributed by atoms with E-state index in [9.17, 15) is 4.79 Å². The summed E-state index contributed by atoms with van der Waals surface area (Å²) in [5, 5.41) is 8.37. The number of aromatic amines is 1. The molecule has 1 unspecified atom stereocenters. The van der Waals surface area contributed by atoms with Gasteiger partial charge in [0.25, 0.3) is 5.91 Å². The quantitative estimate of drug-likeness (QED) is 0.748. The van der Waals surface area contributed by atoms with Crippen molar-refractivity contribution in [2.24, 2.45) is 0 Å². The van der Waals surface area contributed by atoms with Crippen LogP contribution in [0.5, 0.6) is 0 Å². The summed E-state index contributed by atoms with van der Waals surface area (Å²) < 4.78 is 5.78. The fraction of sp³-hybridized carbons (Fsp3) is 0.368. The smallest absolute Gasteiger partial charge is 0.289 e. The third-order valence-corrected chi connectivity index (χ3v) is 5.62. The van der Waals surface area contributed by atoms with Gasteiger partial charge in [0, 0.05) is 29.6 Å². The zero-order valence-electron chi connectivity index (χ0n) is 13.4. The van der Waals surface area contributed by atoms with Gasteiger partial charge in [0.1, 0.15) is 5.58 Å². The van der Waals surface area contributed by atoms with Crippen molar-refractivity contribution in [3.63, 3.8) is 0 Å². The van der Waals surface area contributed by atoms with Crippen molar-refractivity contribution in [1.82, 2.24) is 15.1 Å². The molecule has 2 aromatic heterocycles. The lowest BCUT2D eigenvalue weighted by Gasteiger charge is -2.40. The van der Waals surface area contributed by atoms with E-state index in [0.29, 0.717) is 5.76 Å². The maximum Gasteiger partial charge on any atom is 0.289 e. The number of fused-ring (bicyclic) bond motifs is 3. The van der Waals surface area contributed by atoms with Crippen LogP contribution >= 0.6 is 0 Å². The summed E-state index contributed by atoms with van der Waals surface area (Å²) in [7, 11) is 0. The lowest BCUT2D eigenvalue weighted by Crippen LogP contribution is -2.47. The molecule has 1 atom stereocenters. The Bertz CT molecular complexity index is 892. The average Bonchev–Trinajstić information content (AvgIpc) is 3.31. The van der Waals surface area contributed by atoms with Crippen LogP contribution in [0.3, 0.4) is 0 Å². The van der Waals surface area contributed by atoms with Crippen LogP contribution in [0, 0.1) is 0 Å². The van der Waals surface area contributed by atoms with E-state index in [1.165, 1.54) is 11.3 Å². The van der Waals surface area contributed by atoms with Gasteiger partial charge in [0.15, 0.2) is 5.76 Å². The number of carbonyl (C=O) groups is 1. The highest BCUT2D eigenvalue weighted by Gasteiger charge is 2.44. The minimum absolute atomic E-state index is 0.00163. The van der Waals surface area contributed by atoms with E-state index >= 15 is 0 Å². The summed E-state index contributed by atoms with van der Waals surface area (Å²) in [5.74, 6) is 0.439. The number of aryl methyl sites for hydroxylation is 1. The van der Waals surface area contributed by atoms with E-state index in [-0.39, 0.29) is 11.3 Å². The number of nitrogens with zero attached hydrogens (tertiary/aromatic N) is 2. The normalized spacial score (nSPS) is 23.1. The largest absolute Gasteiger partial charge is 0.451 e. The molecule has 1 aliphatic carbocycles. The minimum Gasteiger partial charge on any atom is -0.451 e. The number of rotatable bonds is 1. The second-order valence-corrected chi connectivity index (χ2v) is 7.03. The summed E-state index contributed by atoms with van der Waals surface area (Å²) in [4.78, 5) is 14.9. The van der Waals surface area contributed by atoms with Crippen molar-refractivity contribution in [3.05, 3.63) is 53.5 Å². The Labute approximate surface area is 139 Å². The van der Waals surface area contributed by atoms with Crippen LogP contribution in [0.25, 0.3) is 11.0 Å². The number of hydrogen-bond donors (Lipinski definition) is 1. The van der Waals surface area contributed by atoms with E-state index in [1.54, 1.807) is 0 Å². The van der Waals surface area contributed by atoms with Gasteiger partial charge in [-0.3, -0.25) is 9.89 Å². The monoisotopic (exact) mass is 321 g/mol. The van der Waals surface area contributed by atoms with Gasteiger partial charge in [-0.05, 0) is 43.4 Å². The first-order chi connectivity index (χ1) is 11.8. The predicted octanol–water partition coefficient (Wildman–Crippen LogP) is 3.28. The maximum atomic E-state index is 13.0. The highest BCUT2D eigenvalue weighted by molar-refractivity contribution is 5.96. The molecule has 3 heterocycles. The molecule has 122 valence electrons. The molecule has 0 saturated carbocycles. The Morgan fingerprint density at radius 1 is 1.29 bits per heavy atom. The van der Waals surface area contributed by atoms with E-state index in [2.05, 4.69) is 10.2 Å². The molecule has 0 bridgehead atoms. The molecule has 1 aromatic carbocycles. The fourth-order valence-corrected chi connectivity index (χ4v) is 4.42. The minimum atomic E-state index is -0.00163. The standard InChI is InChI=1S/C19H19N3O2/c23-18(16-10-13-4-1-2-5-15(13)24-16)22-9-3-7-19(12-22)8-6-14-11-20-21-17(14)19/h1-2,4-5,10-11H,3,6-9,12H2,(H,20,21). The summed E-state index contributed by atoms with van der Waals surface area (Å²) in [5.41, 5.74) is 3.37. The van der Waals surface area contributed by atoms with Crippen LogP contribution in [-0.2, 0) is 11.8 Å². The average molecular weight is 321 g/mol. The van der Waals surface area contributed by atoms with Crippen molar-refractivity contribution >= 4 is 16.9 Å². The number of benzene rings is 1. The molecule has 5 heteroatoms. The molecule has 1 amide bonds. The molecule has 3 aromatic rings. The summed E-state index contributed by atoms with van der Waals surface area (Å²) >= 11 is 0. The Balaban J connectivity index is 1.45. The molecule has 1 N–H and O–H groups in total. The molecular weight excluding hydrogens is 302 g/mol. The van der Waals surface area contributed by atoms with Gasteiger partial charge < -0.3 is 9.32 Å². The first-order valence-corrected chi connectivity index (χ1v) is 8.56. The number of piperidine rings is 1. The molecule has 5 nitrogen and oxygen atoms in total. The summed E-state index contributed by atoms with van der Waals surface area (Å²) in [6.45, 7) is 1.54. The summed E-state index contributed by atoms with van der Waals surface area (Å²) in [6.07, 6.45) is 6.22. The van der Waals surface area contributed by atoms with Crippen LogP contribution in [0.15, 0.2) is 40.9 Å². The van der Waals surface area contributed by atoms with E-state index in [0.717, 1.165) is 49.7 Å². The number of likely N-dealkylation sites (tertiary alicyclic amines) is 1. The molecule has 0 radical (unpaired) electrons. The predicted molar refractivity (Wildman–Crippen MR) is 89.9 cm³/mol. The van der Waals surface area contributed by atoms with E-state index in [1.807, 2.05) is 41.4 Å². The van der Waals surface area contributed by atoms with Crippen LogP contribution in [0.4, 0.5) is 0 Å². The highest BCUT2D eigenvalue weighted by Crippen LogP contribution is 2.44. The lowest BCUT2D eigenvalue weighted by atomic mass is 9.77. The number of nitrogens with one attached hydrogen (secondary N) is 1. The number of hydrogen-bond acceptors (Lipinski definition) is 3. The molecule has 2 aliphatic rings. The second kappa shape index (κ2) is 4.97. The number of carbonyl (C=O) groups excluding carboxylic acids is 1. The van der Waals surface area contributed by atoms with E-state index < -0.39 is 0 Å². The van der Waals surface area contributed by atoms with Crippen LogP contribution in [-0.4, -0.2) is 34.1 Å². The Morgan fingerprint density at radius 2 is 2.21 bits per heavy atom.